The molecule has 1 aliphatic carbocycles. The molecule has 0 bridgehead atoms. The van der Waals surface area contributed by atoms with Gasteiger partial charge in [-0.2, -0.15) is 0 Å². The Hall–Kier alpha value is -1.32. The zero-order valence-electron chi connectivity index (χ0n) is 13.0. The smallest absolute Gasteiger partial charge is 0.134 e. The molecule has 0 atom stereocenters. The second-order valence-electron chi connectivity index (χ2n) is 6.53. The first-order chi connectivity index (χ1) is 8.86. The summed E-state index contributed by atoms with van der Waals surface area (Å²) in [5, 5.41) is 6.65. The van der Waals surface area contributed by atoms with E-state index >= 15 is 0 Å². The zero-order chi connectivity index (χ0) is 14.3. The molecule has 1 aromatic rings. The van der Waals surface area contributed by atoms with Gasteiger partial charge in [0.1, 0.15) is 18.0 Å². The van der Waals surface area contributed by atoms with Gasteiger partial charge >= 0.3 is 0 Å². The van der Waals surface area contributed by atoms with Crippen molar-refractivity contribution in [2.45, 2.75) is 41.0 Å². The quantitative estimate of drug-likeness (QED) is 0.855. The summed E-state index contributed by atoms with van der Waals surface area (Å²) >= 11 is 0. The molecule has 0 amide bonds. The molecule has 1 fully saturated rings. The molecule has 0 spiro atoms. The zero-order valence-corrected chi connectivity index (χ0v) is 13.0. The van der Waals surface area contributed by atoms with Crippen LogP contribution in [0.15, 0.2) is 6.33 Å². The minimum absolute atomic E-state index is 0.408. The summed E-state index contributed by atoms with van der Waals surface area (Å²) in [4.78, 5) is 8.66. The molecule has 1 aliphatic rings. The highest BCUT2D eigenvalue weighted by molar-refractivity contribution is 5.57. The van der Waals surface area contributed by atoms with Crippen molar-refractivity contribution in [1.82, 2.24) is 9.97 Å². The van der Waals surface area contributed by atoms with Gasteiger partial charge in [-0.15, -0.1) is 0 Å². The highest BCUT2D eigenvalue weighted by atomic mass is 15.1. The third-order valence-electron chi connectivity index (χ3n) is 5.33. The Morgan fingerprint density at radius 3 is 2.16 bits per heavy atom. The molecule has 106 valence electrons. The van der Waals surface area contributed by atoms with E-state index in [1.807, 2.05) is 7.05 Å². The van der Waals surface area contributed by atoms with Crippen LogP contribution in [0.1, 0.15) is 40.2 Å². The van der Waals surface area contributed by atoms with E-state index in [1.54, 1.807) is 6.33 Å². The molecule has 4 nitrogen and oxygen atoms in total. The molecule has 19 heavy (non-hydrogen) atoms. The van der Waals surface area contributed by atoms with Gasteiger partial charge in [0, 0.05) is 19.2 Å². The number of aromatic nitrogens is 2. The van der Waals surface area contributed by atoms with Crippen LogP contribution in [0, 0.1) is 16.7 Å². The Kier molecular flexibility index (Phi) is 3.45. The van der Waals surface area contributed by atoms with E-state index in [0.717, 1.165) is 24.6 Å². The Balaban J connectivity index is 2.09. The molecular weight excluding hydrogens is 236 g/mol. The maximum Gasteiger partial charge on any atom is 0.134 e. The minimum Gasteiger partial charge on any atom is -0.373 e. The van der Waals surface area contributed by atoms with Crippen molar-refractivity contribution in [3.63, 3.8) is 0 Å². The third kappa shape index (κ3) is 2.17. The standard InChI is InChI=1S/C15H26N4/c1-7-10-12(16-6)18-9-19-13(10)17-8-11-14(2,3)15(11,4)5/h9,11H,7-8H2,1-6H3,(H2,16,17,18,19). The molecule has 0 unspecified atom stereocenters. The van der Waals surface area contributed by atoms with Crippen LogP contribution in [0.2, 0.25) is 0 Å². The second kappa shape index (κ2) is 4.66. The molecule has 0 saturated heterocycles. The summed E-state index contributed by atoms with van der Waals surface area (Å²) < 4.78 is 0. The lowest BCUT2D eigenvalue weighted by molar-refractivity contribution is 0.457. The van der Waals surface area contributed by atoms with Crippen LogP contribution in [-0.4, -0.2) is 23.6 Å². The third-order valence-corrected chi connectivity index (χ3v) is 5.33. The lowest BCUT2D eigenvalue weighted by Gasteiger charge is -2.13. The Morgan fingerprint density at radius 1 is 1.11 bits per heavy atom. The van der Waals surface area contributed by atoms with Crippen LogP contribution >= 0.6 is 0 Å². The summed E-state index contributed by atoms with van der Waals surface area (Å²) in [6.45, 7) is 12.5. The fraction of sp³-hybridized carbons (Fsp3) is 0.733. The fourth-order valence-electron chi connectivity index (χ4n) is 3.16. The normalized spacial score (nSPS) is 20.1. The Bertz CT molecular complexity index is 451. The van der Waals surface area contributed by atoms with Gasteiger partial charge < -0.3 is 10.6 Å². The van der Waals surface area contributed by atoms with Crippen molar-refractivity contribution in [2.24, 2.45) is 16.7 Å². The van der Waals surface area contributed by atoms with Crippen LogP contribution in [0.4, 0.5) is 11.6 Å². The van der Waals surface area contributed by atoms with Gasteiger partial charge in [0.25, 0.3) is 0 Å². The van der Waals surface area contributed by atoms with Gasteiger partial charge in [0.15, 0.2) is 0 Å². The molecule has 0 aromatic carbocycles. The fourth-order valence-corrected chi connectivity index (χ4v) is 3.16. The number of rotatable bonds is 5. The van der Waals surface area contributed by atoms with Gasteiger partial charge in [-0.05, 0) is 23.2 Å². The van der Waals surface area contributed by atoms with Crippen molar-refractivity contribution in [3.8, 4) is 0 Å². The summed E-state index contributed by atoms with van der Waals surface area (Å²) in [7, 11) is 1.90. The molecule has 4 heteroatoms. The minimum atomic E-state index is 0.408. The molecule has 1 saturated carbocycles. The first kappa shape index (κ1) is 14.1. The van der Waals surface area contributed by atoms with Gasteiger partial charge in [0.2, 0.25) is 0 Å². The largest absolute Gasteiger partial charge is 0.373 e. The van der Waals surface area contributed by atoms with Gasteiger partial charge in [-0.25, -0.2) is 9.97 Å². The van der Waals surface area contributed by atoms with E-state index in [1.165, 1.54) is 5.56 Å². The van der Waals surface area contributed by atoms with Crippen LogP contribution in [-0.2, 0) is 6.42 Å². The van der Waals surface area contributed by atoms with E-state index in [9.17, 15) is 0 Å². The number of hydrogen-bond acceptors (Lipinski definition) is 4. The number of nitrogens with one attached hydrogen (secondary N) is 2. The van der Waals surface area contributed by atoms with Gasteiger partial charge in [-0.1, -0.05) is 34.6 Å². The predicted octanol–water partition coefficient (Wildman–Crippen LogP) is 3.17. The summed E-state index contributed by atoms with van der Waals surface area (Å²) in [5.41, 5.74) is 1.98. The number of hydrogen-bond donors (Lipinski definition) is 2. The Labute approximate surface area is 116 Å². The van der Waals surface area contributed by atoms with E-state index in [-0.39, 0.29) is 0 Å². The van der Waals surface area contributed by atoms with E-state index in [2.05, 4.69) is 55.2 Å². The monoisotopic (exact) mass is 262 g/mol. The van der Waals surface area contributed by atoms with E-state index in [0.29, 0.717) is 16.7 Å². The van der Waals surface area contributed by atoms with Crippen molar-refractivity contribution < 1.29 is 0 Å². The topological polar surface area (TPSA) is 49.8 Å². The molecule has 0 aliphatic heterocycles. The van der Waals surface area contributed by atoms with Crippen LogP contribution < -0.4 is 10.6 Å². The molecule has 1 aromatic heterocycles. The summed E-state index contributed by atoms with van der Waals surface area (Å²) in [5.74, 6) is 2.59. The molecular formula is C15H26N4. The first-order valence-electron chi connectivity index (χ1n) is 7.11. The first-order valence-corrected chi connectivity index (χ1v) is 7.11. The average molecular weight is 262 g/mol. The highest BCUT2D eigenvalue weighted by Crippen LogP contribution is 2.68. The van der Waals surface area contributed by atoms with E-state index in [4.69, 9.17) is 0 Å². The second-order valence-corrected chi connectivity index (χ2v) is 6.53. The van der Waals surface area contributed by atoms with Crippen molar-refractivity contribution in [2.75, 3.05) is 24.2 Å². The summed E-state index contributed by atoms with van der Waals surface area (Å²) in [6, 6.07) is 0. The lowest BCUT2D eigenvalue weighted by atomic mass is 10.0. The predicted molar refractivity (Wildman–Crippen MR) is 80.5 cm³/mol. The summed E-state index contributed by atoms with van der Waals surface area (Å²) in [6.07, 6.45) is 2.55. The number of anilines is 2. The highest BCUT2D eigenvalue weighted by Gasteiger charge is 2.64. The molecule has 0 radical (unpaired) electrons. The molecule has 2 N–H and O–H groups in total. The lowest BCUT2D eigenvalue weighted by Crippen LogP contribution is -2.12. The van der Waals surface area contributed by atoms with Crippen LogP contribution in [0.25, 0.3) is 0 Å². The molecule has 2 rings (SSSR count). The maximum atomic E-state index is 4.39. The average Bonchev–Trinajstić information content (AvgIpc) is 2.76. The SMILES string of the molecule is CCc1c(NC)ncnc1NCC1C(C)(C)C1(C)C. The van der Waals surface area contributed by atoms with Crippen LogP contribution in [0.3, 0.4) is 0 Å². The van der Waals surface area contributed by atoms with E-state index < -0.39 is 0 Å². The number of nitrogens with zero attached hydrogens (tertiary/aromatic N) is 2. The Morgan fingerprint density at radius 2 is 1.68 bits per heavy atom. The van der Waals surface area contributed by atoms with Crippen molar-refractivity contribution >= 4 is 11.6 Å². The van der Waals surface area contributed by atoms with Crippen molar-refractivity contribution in [3.05, 3.63) is 11.9 Å². The van der Waals surface area contributed by atoms with Gasteiger partial charge in [0.05, 0.1) is 0 Å². The molecule has 1 heterocycles. The van der Waals surface area contributed by atoms with Crippen molar-refractivity contribution in [1.29, 1.82) is 0 Å². The maximum absolute atomic E-state index is 4.39. The van der Waals surface area contributed by atoms with Gasteiger partial charge in [-0.3, -0.25) is 0 Å². The van der Waals surface area contributed by atoms with Crippen LogP contribution in [0.5, 0.6) is 0 Å².